The molecule has 2 aromatic rings. The van der Waals surface area contributed by atoms with Gasteiger partial charge in [0.15, 0.2) is 0 Å². The molecule has 1 atom stereocenters. The van der Waals surface area contributed by atoms with Crippen molar-refractivity contribution < 1.29 is 23.9 Å². The van der Waals surface area contributed by atoms with E-state index in [1.54, 1.807) is 51.0 Å². The molecule has 1 heterocycles. The number of hydrogen-bond acceptors (Lipinski definition) is 5. The maximum absolute atomic E-state index is 13.0. The van der Waals surface area contributed by atoms with E-state index in [4.69, 9.17) is 9.47 Å². The highest BCUT2D eigenvalue weighted by Gasteiger charge is 2.36. The summed E-state index contributed by atoms with van der Waals surface area (Å²) in [5.41, 5.74) is 3.05. The molecular formula is C27H33N3O5. The maximum atomic E-state index is 13.0. The lowest BCUT2D eigenvalue weighted by molar-refractivity contribution is -0.143. The van der Waals surface area contributed by atoms with E-state index in [1.165, 1.54) is 0 Å². The summed E-state index contributed by atoms with van der Waals surface area (Å²) in [5, 5.41) is 5.84. The second-order valence-corrected chi connectivity index (χ2v) is 8.69. The first-order valence-corrected chi connectivity index (χ1v) is 11.8. The molecule has 3 amide bonds. The topological polar surface area (TPSA) is 97.0 Å². The van der Waals surface area contributed by atoms with Gasteiger partial charge in [-0.05, 0) is 62.6 Å². The van der Waals surface area contributed by atoms with E-state index in [9.17, 15) is 14.4 Å². The van der Waals surface area contributed by atoms with Crippen molar-refractivity contribution in [2.24, 2.45) is 0 Å². The fourth-order valence-corrected chi connectivity index (χ4v) is 4.00. The van der Waals surface area contributed by atoms with E-state index < -0.39 is 12.0 Å². The number of amides is 3. The summed E-state index contributed by atoms with van der Waals surface area (Å²) in [5.74, 6) is 0.0712. The largest absolute Gasteiger partial charge is 0.497 e. The summed E-state index contributed by atoms with van der Waals surface area (Å²) < 4.78 is 10.7. The summed E-state index contributed by atoms with van der Waals surface area (Å²) >= 11 is 0. The fraction of sp³-hybridized carbons (Fsp3) is 0.370. The third-order valence-electron chi connectivity index (χ3n) is 5.63. The number of carbonyl (C=O) groups is 3. The van der Waals surface area contributed by atoms with Crippen LogP contribution >= 0.6 is 0 Å². The molecule has 0 radical (unpaired) electrons. The first-order chi connectivity index (χ1) is 16.7. The predicted octanol–water partition coefficient (Wildman–Crippen LogP) is 4.58. The molecule has 3 rings (SSSR count). The van der Waals surface area contributed by atoms with Crippen molar-refractivity contribution in [2.75, 3.05) is 19.0 Å². The van der Waals surface area contributed by atoms with Crippen molar-refractivity contribution in [1.29, 1.82) is 0 Å². The number of nitrogens with one attached hydrogen (secondary N) is 2. The quantitative estimate of drug-likeness (QED) is 0.513. The lowest BCUT2D eigenvalue weighted by atomic mass is 9.94. The number of esters is 1. The molecule has 0 aromatic heterocycles. The molecule has 0 saturated heterocycles. The normalized spacial score (nSPS) is 15.7. The first-order valence-electron chi connectivity index (χ1n) is 11.8. The molecule has 1 unspecified atom stereocenters. The van der Waals surface area contributed by atoms with E-state index in [1.807, 2.05) is 37.3 Å². The predicted molar refractivity (Wildman–Crippen MR) is 134 cm³/mol. The van der Waals surface area contributed by atoms with Crippen LogP contribution in [0.25, 0.3) is 0 Å². The number of carbonyl (C=O) groups excluding carboxylic acids is 3. The van der Waals surface area contributed by atoms with Crippen molar-refractivity contribution in [1.82, 2.24) is 10.2 Å². The molecule has 35 heavy (non-hydrogen) atoms. The third-order valence-corrected chi connectivity index (χ3v) is 5.63. The maximum Gasteiger partial charge on any atom is 0.338 e. The molecule has 2 N–H and O–H groups in total. The van der Waals surface area contributed by atoms with Crippen LogP contribution < -0.4 is 15.4 Å². The SMILES string of the molecule is CCCN1C(=O)NC(c2cccc(NC(=O)Cc3ccc(OC)cc3)c2)C(C(=O)OC(C)C)=C1C. The number of allylic oxidation sites excluding steroid dienone is 1. The lowest BCUT2D eigenvalue weighted by Gasteiger charge is -2.35. The van der Waals surface area contributed by atoms with Gasteiger partial charge in [0.1, 0.15) is 5.75 Å². The summed E-state index contributed by atoms with van der Waals surface area (Å²) in [6.45, 7) is 7.79. The molecule has 186 valence electrons. The van der Waals surface area contributed by atoms with Crippen LogP contribution in [-0.2, 0) is 20.7 Å². The summed E-state index contributed by atoms with van der Waals surface area (Å²) in [6.07, 6.45) is 0.646. The Morgan fingerprint density at radius 3 is 2.49 bits per heavy atom. The van der Waals surface area contributed by atoms with E-state index in [2.05, 4.69) is 10.6 Å². The average molecular weight is 480 g/mol. The first kappa shape index (κ1) is 25.8. The second-order valence-electron chi connectivity index (χ2n) is 8.69. The number of hydrogen-bond donors (Lipinski definition) is 2. The van der Waals surface area contributed by atoms with Gasteiger partial charge in [-0.1, -0.05) is 31.2 Å². The Balaban J connectivity index is 1.85. The van der Waals surface area contributed by atoms with Crippen molar-refractivity contribution in [3.63, 3.8) is 0 Å². The van der Waals surface area contributed by atoms with Gasteiger partial charge < -0.3 is 20.1 Å². The zero-order valence-corrected chi connectivity index (χ0v) is 20.9. The Morgan fingerprint density at radius 2 is 1.86 bits per heavy atom. The molecule has 0 aliphatic carbocycles. The van der Waals surface area contributed by atoms with Gasteiger partial charge >= 0.3 is 12.0 Å². The summed E-state index contributed by atoms with van der Waals surface area (Å²) in [6, 6.07) is 13.5. The van der Waals surface area contributed by atoms with Crippen LogP contribution in [0, 0.1) is 0 Å². The fourth-order valence-electron chi connectivity index (χ4n) is 4.00. The number of methoxy groups -OCH3 is 1. The van der Waals surface area contributed by atoms with Gasteiger partial charge in [0.2, 0.25) is 5.91 Å². The van der Waals surface area contributed by atoms with Crippen molar-refractivity contribution in [3.8, 4) is 5.75 Å². The minimum absolute atomic E-state index is 0.180. The third kappa shape index (κ3) is 6.41. The van der Waals surface area contributed by atoms with Crippen LogP contribution in [-0.4, -0.2) is 42.6 Å². The highest BCUT2D eigenvalue weighted by molar-refractivity contribution is 5.95. The molecule has 0 fully saturated rings. The van der Waals surface area contributed by atoms with Crippen molar-refractivity contribution in [2.45, 2.75) is 52.7 Å². The Kier molecular flexibility index (Phi) is 8.52. The molecule has 0 bridgehead atoms. The highest BCUT2D eigenvalue weighted by atomic mass is 16.5. The van der Waals surface area contributed by atoms with Crippen LogP contribution in [0.2, 0.25) is 0 Å². The standard InChI is InChI=1S/C27H33N3O5/c1-6-14-30-18(4)24(26(32)35-17(2)3)25(29-27(30)33)20-8-7-9-21(16-20)28-23(31)15-19-10-12-22(34-5)13-11-19/h7-13,16-17,25H,6,14-15H2,1-5H3,(H,28,31)(H,29,33). The van der Waals surface area contributed by atoms with Crippen molar-refractivity contribution >= 4 is 23.6 Å². The van der Waals surface area contributed by atoms with Crippen LogP contribution in [0.4, 0.5) is 10.5 Å². The number of benzene rings is 2. The molecule has 0 saturated carbocycles. The number of nitrogens with zero attached hydrogens (tertiary/aromatic N) is 1. The molecule has 2 aromatic carbocycles. The zero-order chi connectivity index (χ0) is 25.5. The summed E-state index contributed by atoms with van der Waals surface area (Å²) in [7, 11) is 1.59. The minimum Gasteiger partial charge on any atom is -0.497 e. The van der Waals surface area contributed by atoms with Gasteiger partial charge in [-0.25, -0.2) is 9.59 Å². The van der Waals surface area contributed by atoms with Crippen LogP contribution in [0.5, 0.6) is 5.75 Å². The molecule has 8 heteroatoms. The van der Waals surface area contributed by atoms with Gasteiger partial charge in [0, 0.05) is 17.9 Å². The monoisotopic (exact) mass is 479 g/mol. The van der Waals surface area contributed by atoms with Crippen LogP contribution in [0.1, 0.15) is 51.3 Å². The Morgan fingerprint density at radius 1 is 1.14 bits per heavy atom. The van der Waals surface area contributed by atoms with Gasteiger partial charge in [-0.3, -0.25) is 9.69 Å². The molecule has 1 aliphatic rings. The molecular weight excluding hydrogens is 446 g/mol. The van der Waals surface area contributed by atoms with E-state index in [0.29, 0.717) is 29.1 Å². The average Bonchev–Trinajstić information content (AvgIpc) is 2.81. The van der Waals surface area contributed by atoms with Gasteiger partial charge in [0.25, 0.3) is 0 Å². The number of anilines is 1. The Hall–Kier alpha value is -3.81. The van der Waals surface area contributed by atoms with Gasteiger partial charge in [-0.2, -0.15) is 0 Å². The minimum atomic E-state index is -0.694. The van der Waals surface area contributed by atoms with Gasteiger partial charge in [-0.15, -0.1) is 0 Å². The van der Waals surface area contributed by atoms with Crippen LogP contribution in [0.3, 0.4) is 0 Å². The summed E-state index contributed by atoms with van der Waals surface area (Å²) in [4.78, 5) is 40.1. The smallest absolute Gasteiger partial charge is 0.338 e. The van der Waals surface area contributed by atoms with Crippen LogP contribution in [0.15, 0.2) is 59.8 Å². The zero-order valence-electron chi connectivity index (χ0n) is 20.9. The Labute approximate surface area is 206 Å². The molecule has 8 nitrogen and oxygen atoms in total. The number of rotatable bonds is 9. The Bertz CT molecular complexity index is 1110. The van der Waals surface area contributed by atoms with E-state index >= 15 is 0 Å². The lowest BCUT2D eigenvalue weighted by Crippen LogP contribution is -2.48. The van der Waals surface area contributed by atoms with Crippen molar-refractivity contribution in [3.05, 3.63) is 70.9 Å². The number of urea groups is 1. The number of ether oxygens (including phenoxy) is 2. The molecule has 1 aliphatic heterocycles. The van der Waals surface area contributed by atoms with E-state index in [-0.39, 0.29) is 24.5 Å². The highest BCUT2D eigenvalue weighted by Crippen LogP contribution is 2.32. The van der Waals surface area contributed by atoms with Gasteiger partial charge in [0.05, 0.1) is 31.2 Å². The van der Waals surface area contributed by atoms with E-state index in [0.717, 1.165) is 17.7 Å². The molecule has 0 spiro atoms. The second kappa shape index (κ2) is 11.6.